The summed E-state index contributed by atoms with van der Waals surface area (Å²) in [5.41, 5.74) is 2.87. The van der Waals surface area contributed by atoms with Gasteiger partial charge in [-0.05, 0) is 44.2 Å². The number of anilines is 2. The minimum atomic E-state index is -0.172. The zero-order chi connectivity index (χ0) is 20.3. The van der Waals surface area contributed by atoms with Crippen molar-refractivity contribution in [3.63, 3.8) is 0 Å². The van der Waals surface area contributed by atoms with Gasteiger partial charge in [0.15, 0.2) is 0 Å². The number of azo groups is 1. The van der Waals surface area contributed by atoms with Crippen molar-refractivity contribution in [1.29, 1.82) is 0 Å². The van der Waals surface area contributed by atoms with Crippen molar-refractivity contribution in [1.82, 2.24) is 4.98 Å². The number of carbonyl (C=O) groups is 1. The van der Waals surface area contributed by atoms with Crippen LogP contribution in [0.3, 0.4) is 0 Å². The van der Waals surface area contributed by atoms with Gasteiger partial charge in [-0.3, -0.25) is 4.79 Å². The first-order valence-corrected chi connectivity index (χ1v) is 10.3. The van der Waals surface area contributed by atoms with E-state index in [9.17, 15) is 4.79 Å². The number of nitrogens with zero attached hydrogens (tertiary/aromatic N) is 4. The second-order valence-electron chi connectivity index (χ2n) is 5.96. The smallest absolute Gasteiger partial charge is 0.231 e. The largest absolute Gasteiger partial charge is 0.372 e. The zero-order valence-corrected chi connectivity index (χ0v) is 18.0. The van der Waals surface area contributed by atoms with Crippen molar-refractivity contribution >= 4 is 72.9 Å². The summed E-state index contributed by atoms with van der Waals surface area (Å²) >= 11 is 13.6. The molecule has 0 aliphatic rings. The van der Waals surface area contributed by atoms with Gasteiger partial charge < -0.3 is 10.2 Å². The molecular formula is C19H19Cl2N5OS. The van der Waals surface area contributed by atoms with Gasteiger partial charge in [-0.1, -0.05) is 34.5 Å². The molecule has 3 rings (SSSR count). The predicted octanol–water partition coefficient (Wildman–Crippen LogP) is 6.82. The molecule has 0 atom stereocenters. The molecule has 0 aliphatic carbocycles. The zero-order valence-electron chi connectivity index (χ0n) is 15.7. The first-order valence-electron chi connectivity index (χ1n) is 8.75. The van der Waals surface area contributed by atoms with Gasteiger partial charge >= 0.3 is 0 Å². The van der Waals surface area contributed by atoms with Crippen LogP contribution in [0.25, 0.3) is 10.2 Å². The highest BCUT2D eigenvalue weighted by atomic mass is 35.5. The monoisotopic (exact) mass is 435 g/mol. The lowest BCUT2D eigenvalue weighted by Crippen LogP contribution is -2.21. The molecule has 9 heteroatoms. The minimum absolute atomic E-state index is 0.172. The molecule has 0 saturated heterocycles. The van der Waals surface area contributed by atoms with Crippen LogP contribution in [0, 0.1) is 0 Å². The Morgan fingerprint density at radius 3 is 2.61 bits per heavy atom. The van der Waals surface area contributed by atoms with Crippen LogP contribution >= 0.6 is 34.5 Å². The third-order valence-corrected chi connectivity index (χ3v) is 5.99. The van der Waals surface area contributed by atoms with E-state index in [0.29, 0.717) is 32.1 Å². The number of rotatable bonds is 6. The van der Waals surface area contributed by atoms with E-state index < -0.39 is 0 Å². The van der Waals surface area contributed by atoms with Crippen LogP contribution in [0.15, 0.2) is 40.6 Å². The number of carbonyl (C=O) groups excluding carboxylic acids is 1. The second-order valence-corrected chi connectivity index (χ2v) is 7.72. The van der Waals surface area contributed by atoms with Gasteiger partial charge in [-0.25, -0.2) is 4.98 Å². The van der Waals surface area contributed by atoms with Crippen LogP contribution < -0.4 is 10.2 Å². The summed E-state index contributed by atoms with van der Waals surface area (Å²) in [6, 6.07) is 9.19. The molecule has 0 saturated carbocycles. The molecule has 1 aromatic heterocycles. The quantitative estimate of drug-likeness (QED) is 0.431. The Balaban J connectivity index is 1.96. The van der Waals surface area contributed by atoms with Crippen LogP contribution in [0.4, 0.5) is 22.2 Å². The lowest BCUT2D eigenvalue weighted by molar-refractivity contribution is -0.114. The maximum Gasteiger partial charge on any atom is 0.231 e. The maximum atomic E-state index is 11.6. The molecule has 0 fully saturated rings. The van der Waals surface area contributed by atoms with Crippen LogP contribution in [-0.4, -0.2) is 24.0 Å². The van der Waals surface area contributed by atoms with Crippen molar-refractivity contribution in [2.45, 2.75) is 20.8 Å². The first kappa shape index (κ1) is 20.5. The lowest BCUT2D eigenvalue weighted by atomic mass is 10.2. The minimum Gasteiger partial charge on any atom is -0.372 e. The Kier molecular flexibility index (Phi) is 6.49. The molecule has 0 unspecified atom stereocenters. The number of fused-ring (bicyclic) bond motifs is 1. The summed E-state index contributed by atoms with van der Waals surface area (Å²) in [5, 5.41) is 12.7. The summed E-state index contributed by atoms with van der Waals surface area (Å²) in [4.78, 5) is 18.2. The maximum absolute atomic E-state index is 11.6. The van der Waals surface area contributed by atoms with E-state index in [0.717, 1.165) is 23.5 Å². The molecule has 1 N–H and O–H groups in total. The van der Waals surface area contributed by atoms with Crippen LogP contribution in [0.2, 0.25) is 10.0 Å². The van der Waals surface area contributed by atoms with Crippen LogP contribution in [-0.2, 0) is 4.79 Å². The van der Waals surface area contributed by atoms with E-state index in [1.54, 1.807) is 12.1 Å². The fourth-order valence-corrected chi connectivity index (χ4v) is 4.07. The van der Waals surface area contributed by atoms with Gasteiger partial charge in [-0.15, -0.1) is 10.2 Å². The molecule has 1 heterocycles. The second kappa shape index (κ2) is 8.86. The molecule has 0 bridgehead atoms. The van der Waals surface area contributed by atoms with Gasteiger partial charge in [0, 0.05) is 25.7 Å². The molecule has 0 radical (unpaired) electrons. The molecule has 146 valence electrons. The Hall–Kier alpha value is -2.22. The summed E-state index contributed by atoms with van der Waals surface area (Å²) in [7, 11) is 0. The molecule has 3 aromatic rings. The topological polar surface area (TPSA) is 70.0 Å². The molecule has 6 nitrogen and oxygen atoms in total. The number of benzene rings is 2. The lowest BCUT2D eigenvalue weighted by Gasteiger charge is -2.22. The van der Waals surface area contributed by atoms with Gasteiger partial charge in [0.05, 0.1) is 25.9 Å². The van der Waals surface area contributed by atoms with Crippen molar-refractivity contribution in [2.75, 3.05) is 23.3 Å². The summed E-state index contributed by atoms with van der Waals surface area (Å²) in [6.45, 7) is 7.36. The molecule has 0 aliphatic heterocycles. The number of halogens is 2. The Morgan fingerprint density at radius 1 is 1.18 bits per heavy atom. The highest BCUT2D eigenvalue weighted by molar-refractivity contribution is 7.22. The van der Waals surface area contributed by atoms with E-state index in [-0.39, 0.29) is 5.91 Å². The predicted molar refractivity (Wildman–Crippen MR) is 118 cm³/mol. The number of aromatic nitrogens is 1. The van der Waals surface area contributed by atoms with Crippen molar-refractivity contribution < 1.29 is 4.79 Å². The standard InChI is InChI=1S/C19H19Cl2N5OS/c1-4-26(5-2)12-6-8-14(16(10-12)22-11(3)27)24-25-19-23-15-9-7-13(20)17(21)18(15)28-19/h6-10H,4-5H2,1-3H3,(H,22,27). The van der Waals surface area contributed by atoms with Crippen LogP contribution in [0.1, 0.15) is 20.8 Å². The SMILES string of the molecule is CCN(CC)c1ccc(N=Nc2nc3ccc(Cl)c(Cl)c3s2)c(NC(C)=O)c1. The average molecular weight is 436 g/mol. The molecular weight excluding hydrogens is 417 g/mol. The number of nitrogens with one attached hydrogen (secondary N) is 1. The Labute approximate surface area is 177 Å². The number of hydrogen-bond donors (Lipinski definition) is 1. The van der Waals surface area contributed by atoms with Crippen LogP contribution in [0.5, 0.6) is 0 Å². The van der Waals surface area contributed by atoms with Gasteiger partial charge in [0.25, 0.3) is 0 Å². The number of hydrogen-bond acceptors (Lipinski definition) is 6. The molecule has 28 heavy (non-hydrogen) atoms. The fraction of sp³-hybridized carbons (Fsp3) is 0.263. The third kappa shape index (κ3) is 4.43. The van der Waals surface area contributed by atoms with Crippen molar-refractivity contribution in [3.8, 4) is 0 Å². The number of thiazole rings is 1. The Morgan fingerprint density at radius 2 is 1.93 bits per heavy atom. The van der Waals surface area contributed by atoms with Crippen molar-refractivity contribution in [3.05, 3.63) is 40.4 Å². The van der Waals surface area contributed by atoms with E-state index >= 15 is 0 Å². The summed E-state index contributed by atoms with van der Waals surface area (Å²) in [5.74, 6) is -0.172. The van der Waals surface area contributed by atoms with E-state index in [2.05, 4.69) is 39.3 Å². The first-order chi connectivity index (χ1) is 13.4. The molecule has 1 amide bonds. The van der Waals surface area contributed by atoms with Gasteiger partial charge in [0.1, 0.15) is 5.69 Å². The van der Waals surface area contributed by atoms with Gasteiger partial charge in [0.2, 0.25) is 11.0 Å². The Bertz CT molecular complexity index is 1050. The van der Waals surface area contributed by atoms with E-state index in [1.807, 2.05) is 18.2 Å². The van der Waals surface area contributed by atoms with E-state index in [4.69, 9.17) is 23.2 Å². The molecule has 2 aromatic carbocycles. The average Bonchev–Trinajstić information content (AvgIpc) is 3.08. The highest BCUT2D eigenvalue weighted by Gasteiger charge is 2.11. The number of amides is 1. The third-order valence-electron chi connectivity index (χ3n) is 4.10. The molecule has 0 spiro atoms. The summed E-state index contributed by atoms with van der Waals surface area (Å²) in [6.07, 6.45) is 0. The van der Waals surface area contributed by atoms with Gasteiger partial charge in [-0.2, -0.15) is 0 Å². The van der Waals surface area contributed by atoms with Crippen molar-refractivity contribution in [2.24, 2.45) is 10.2 Å². The highest BCUT2D eigenvalue weighted by Crippen LogP contribution is 2.38. The fourth-order valence-electron chi connectivity index (χ4n) is 2.75. The normalized spacial score (nSPS) is 11.3. The summed E-state index contributed by atoms with van der Waals surface area (Å²) < 4.78 is 0.766. The van der Waals surface area contributed by atoms with E-state index in [1.165, 1.54) is 18.3 Å².